The van der Waals surface area contributed by atoms with Gasteiger partial charge in [-0.25, -0.2) is 0 Å². The highest BCUT2D eigenvalue weighted by Crippen LogP contribution is 2.35. The largest absolute Gasteiger partial charge is 0.378 e. The second-order valence-corrected chi connectivity index (χ2v) is 4.55. The van der Waals surface area contributed by atoms with E-state index in [0.29, 0.717) is 6.04 Å². The van der Waals surface area contributed by atoms with Crippen LogP contribution in [0.1, 0.15) is 17.2 Å². The molecule has 0 saturated heterocycles. The van der Waals surface area contributed by atoms with E-state index in [9.17, 15) is 0 Å². The molecular formula is C14H12ClN. The van der Waals surface area contributed by atoms with E-state index >= 15 is 0 Å². The first-order chi connectivity index (χ1) is 7.83. The smallest absolute Gasteiger partial charge is 0.0555 e. The van der Waals surface area contributed by atoms with Crippen LogP contribution in [0.4, 0.5) is 5.69 Å². The van der Waals surface area contributed by atoms with Gasteiger partial charge in [-0.2, -0.15) is 0 Å². The maximum Gasteiger partial charge on any atom is 0.0555 e. The van der Waals surface area contributed by atoms with Gasteiger partial charge in [0.25, 0.3) is 0 Å². The number of rotatable bonds is 1. The zero-order chi connectivity index (χ0) is 11.0. The lowest BCUT2D eigenvalue weighted by Gasteiger charge is -2.10. The van der Waals surface area contributed by atoms with E-state index in [1.165, 1.54) is 16.8 Å². The van der Waals surface area contributed by atoms with Crippen molar-refractivity contribution >= 4 is 17.3 Å². The lowest BCUT2D eigenvalue weighted by Crippen LogP contribution is -2.04. The minimum absolute atomic E-state index is 0.384. The van der Waals surface area contributed by atoms with E-state index < -0.39 is 0 Å². The molecule has 0 aliphatic carbocycles. The van der Waals surface area contributed by atoms with Gasteiger partial charge in [0.1, 0.15) is 0 Å². The molecule has 1 aliphatic heterocycles. The first kappa shape index (κ1) is 9.73. The normalized spacial score (nSPS) is 17.9. The third kappa shape index (κ3) is 1.68. The Morgan fingerprint density at radius 3 is 2.69 bits per heavy atom. The van der Waals surface area contributed by atoms with E-state index in [0.717, 1.165) is 11.4 Å². The van der Waals surface area contributed by atoms with Crippen molar-refractivity contribution in [1.82, 2.24) is 0 Å². The predicted octanol–water partition coefficient (Wildman–Crippen LogP) is 4.05. The Hall–Kier alpha value is -1.47. The molecule has 1 heterocycles. The highest BCUT2D eigenvalue weighted by molar-refractivity contribution is 6.30. The summed E-state index contributed by atoms with van der Waals surface area (Å²) in [4.78, 5) is 0. The Morgan fingerprint density at radius 2 is 1.88 bits per heavy atom. The van der Waals surface area contributed by atoms with Crippen molar-refractivity contribution in [2.75, 3.05) is 5.32 Å². The molecule has 16 heavy (non-hydrogen) atoms. The molecule has 0 saturated carbocycles. The van der Waals surface area contributed by atoms with Crippen molar-refractivity contribution < 1.29 is 0 Å². The molecule has 0 amide bonds. The fraction of sp³-hybridized carbons (Fsp3) is 0.143. The van der Waals surface area contributed by atoms with Crippen molar-refractivity contribution in [3.8, 4) is 0 Å². The highest BCUT2D eigenvalue weighted by atomic mass is 35.5. The maximum absolute atomic E-state index is 5.99. The van der Waals surface area contributed by atoms with Gasteiger partial charge in [0.05, 0.1) is 6.04 Å². The number of benzene rings is 2. The molecular weight excluding hydrogens is 218 g/mol. The quantitative estimate of drug-likeness (QED) is 0.778. The van der Waals surface area contributed by atoms with Gasteiger partial charge in [-0.15, -0.1) is 0 Å². The van der Waals surface area contributed by atoms with Crippen LogP contribution in [-0.4, -0.2) is 0 Å². The van der Waals surface area contributed by atoms with Gasteiger partial charge in [-0.3, -0.25) is 0 Å². The van der Waals surface area contributed by atoms with E-state index in [1.807, 2.05) is 18.2 Å². The van der Waals surface area contributed by atoms with Crippen molar-refractivity contribution in [3.05, 3.63) is 64.7 Å². The first-order valence-corrected chi connectivity index (χ1v) is 5.80. The summed E-state index contributed by atoms with van der Waals surface area (Å²) in [5.74, 6) is 0. The third-order valence-corrected chi connectivity index (χ3v) is 3.26. The first-order valence-electron chi connectivity index (χ1n) is 5.43. The number of fused-ring (bicyclic) bond motifs is 1. The van der Waals surface area contributed by atoms with E-state index in [2.05, 4.69) is 35.6 Å². The van der Waals surface area contributed by atoms with Crippen molar-refractivity contribution in [2.45, 2.75) is 12.5 Å². The maximum atomic E-state index is 5.99. The van der Waals surface area contributed by atoms with Crippen LogP contribution in [-0.2, 0) is 6.42 Å². The molecule has 0 bridgehead atoms. The zero-order valence-corrected chi connectivity index (χ0v) is 9.54. The third-order valence-electron chi connectivity index (χ3n) is 3.02. The van der Waals surface area contributed by atoms with Crippen LogP contribution >= 0.6 is 11.6 Å². The van der Waals surface area contributed by atoms with E-state index in [1.54, 1.807) is 0 Å². The van der Waals surface area contributed by atoms with Crippen molar-refractivity contribution in [1.29, 1.82) is 0 Å². The number of anilines is 1. The van der Waals surface area contributed by atoms with Gasteiger partial charge in [0.2, 0.25) is 0 Å². The molecule has 0 aromatic heterocycles. The SMILES string of the molecule is Clc1ccc2c(c1)C[C@@H](c1ccccc1)N2. The monoisotopic (exact) mass is 229 g/mol. The van der Waals surface area contributed by atoms with E-state index in [-0.39, 0.29) is 0 Å². The summed E-state index contributed by atoms with van der Waals surface area (Å²) < 4.78 is 0. The predicted molar refractivity (Wildman–Crippen MR) is 68.0 cm³/mol. The molecule has 2 aromatic carbocycles. The summed E-state index contributed by atoms with van der Waals surface area (Å²) >= 11 is 5.99. The number of halogens is 1. The summed E-state index contributed by atoms with van der Waals surface area (Å²) in [6.07, 6.45) is 1.01. The van der Waals surface area contributed by atoms with Crippen LogP contribution in [0.3, 0.4) is 0 Å². The molecule has 1 aliphatic rings. The number of hydrogen-bond acceptors (Lipinski definition) is 1. The summed E-state index contributed by atoms with van der Waals surface area (Å²) in [5.41, 5.74) is 3.84. The van der Waals surface area contributed by atoms with Gasteiger partial charge >= 0.3 is 0 Å². The second kappa shape index (κ2) is 3.84. The van der Waals surface area contributed by atoms with Gasteiger partial charge in [-0.1, -0.05) is 41.9 Å². The zero-order valence-electron chi connectivity index (χ0n) is 8.78. The van der Waals surface area contributed by atoms with E-state index in [4.69, 9.17) is 11.6 Å². The number of hydrogen-bond donors (Lipinski definition) is 1. The standard InChI is InChI=1S/C14H12ClN/c15-12-6-7-13-11(8-12)9-14(16-13)10-4-2-1-3-5-10/h1-8,14,16H,9H2/t14-/m0/s1. The van der Waals surface area contributed by atoms with Crippen LogP contribution in [0.2, 0.25) is 5.02 Å². The molecule has 0 unspecified atom stereocenters. The fourth-order valence-electron chi connectivity index (χ4n) is 2.22. The molecule has 2 heteroatoms. The molecule has 1 atom stereocenters. The number of nitrogens with one attached hydrogen (secondary N) is 1. The van der Waals surface area contributed by atoms with Crippen molar-refractivity contribution in [2.24, 2.45) is 0 Å². The second-order valence-electron chi connectivity index (χ2n) is 4.11. The molecule has 1 nitrogen and oxygen atoms in total. The molecule has 0 spiro atoms. The van der Waals surface area contributed by atoms with Gasteiger partial charge in [0.15, 0.2) is 0 Å². The minimum atomic E-state index is 0.384. The Bertz CT molecular complexity index is 507. The van der Waals surface area contributed by atoms with Gasteiger partial charge in [0, 0.05) is 10.7 Å². The molecule has 1 N–H and O–H groups in total. The Balaban J connectivity index is 1.91. The van der Waals surface area contributed by atoms with Crippen LogP contribution in [0.5, 0.6) is 0 Å². The summed E-state index contributed by atoms with van der Waals surface area (Å²) in [6, 6.07) is 16.9. The molecule has 2 aromatic rings. The van der Waals surface area contributed by atoms with Crippen molar-refractivity contribution in [3.63, 3.8) is 0 Å². The lowest BCUT2D eigenvalue weighted by molar-refractivity contribution is 0.824. The Labute approximate surface area is 100 Å². The van der Waals surface area contributed by atoms with Crippen LogP contribution in [0, 0.1) is 0 Å². The molecule has 3 rings (SSSR count). The minimum Gasteiger partial charge on any atom is -0.378 e. The summed E-state index contributed by atoms with van der Waals surface area (Å²) in [7, 11) is 0. The Morgan fingerprint density at radius 1 is 1.06 bits per heavy atom. The Kier molecular flexibility index (Phi) is 2.33. The summed E-state index contributed by atoms with van der Waals surface area (Å²) in [5, 5.41) is 4.33. The highest BCUT2D eigenvalue weighted by Gasteiger charge is 2.21. The fourth-order valence-corrected chi connectivity index (χ4v) is 2.41. The van der Waals surface area contributed by atoms with Gasteiger partial charge in [-0.05, 0) is 35.7 Å². The van der Waals surface area contributed by atoms with Crippen LogP contribution < -0.4 is 5.32 Å². The lowest BCUT2D eigenvalue weighted by atomic mass is 10.0. The topological polar surface area (TPSA) is 12.0 Å². The van der Waals surface area contributed by atoms with Crippen LogP contribution in [0.15, 0.2) is 48.5 Å². The average Bonchev–Trinajstić information content (AvgIpc) is 2.73. The summed E-state index contributed by atoms with van der Waals surface area (Å²) in [6.45, 7) is 0. The van der Waals surface area contributed by atoms with Gasteiger partial charge < -0.3 is 5.32 Å². The molecule has 0 fully saturated rings. The molecule has 0 radical (unpaired) electrons. The van der Waals surface area contributed by atoms with Crippen LogP contribution in [0.25, 0.3) is 0 Å². The average molecular weight is 230 g/mol. The molecule has 80 valence electrons.